The van der Waals surface area contributed by atoms with E-state index >= 15 is 0 Å². The number of nitrogen functional groups attached to an aromatic ring is 2. The number of halogens is 1. The second-order valence-corrected chi connectivity index (χ2v) is 16.0. The van der Waals surface area contributed by atoms with Gasteiger partial charge in [0.15, 0.2) is 35.7 Å². The normalized spacial score (nSPS) is 14.4. The molecule has 326 valence electrons. The van der Waals surface area contributed by atoms with Gasteiger partial charge in [0.2, 0.25) is 0 Å². The van der Waals surface area contributed by atoms with Crippen molar-refractivity contribution in [2.24, 2.45) is 0 Å². The van der Waals surface area contributed by atoms with E-state index in [0.29, 0.717) is 24.6 Å². The molecule has 0 bridgehead atoms. The highest BCUT2D eigenvalue weighted by molar-refractivity contribution is 6.31. The fourth-order valence-corrected chi connectivity index (χ4v) is 7.88. The summed E-state index contributed by atoms with van der Waals surface area (Å²) in [6.07, 6.45) is 13.8. The molecule has 1 unspecified atom stereocenters. The Morgan fingerprint density at radius 1 is 0.661 bits per heavy atom. The number of hydrogen-bond donors (Lipinski definition) is 5. The monoisotopic (exact) mass is 863 g/mol. The zero-order valence-electron chi connectivity index (χ0n) is 34.9. The van der Waals surface area contributed by atoms with Crippen molar-refractivity contribution < 1.29 is 28.3 Å². The van der Waals surface area contributed by atoms with Gasteiger partial charge in [0, 0.05) is 50.7 Å². The molecular formula is C46H56ClN10O5+. The second-order valence-electron chi connectivity index (χ2n) is 15.6. The van der Waals surface area contributed by atoms with Gasteiger partial charge >= 0.3 is 0 Å². The molecule has 15 nitrogen and oxygen atoms in total. The minimum absolute atomic E-state index is 0.0229. The standard InChI is InChI=1S/C46H55ClN10O5/c47-43-45(49)56-44(48)42(55-43)46(60)54-37-6-3-29-57(30-37,27-1-4-33-7-11-38(12-8-33)61-31-40(58)52-25-19-35-15-21-50-22-16-35)28-2-5-34-9-13-39(14-10-34)62-32-41(59)53-26-20-36-17-23-51-24-18-36/h7-18,21-24,37H,1-6,19-20,25-32H2,(H6-,48,49,52,53,54,56,58,59,60)/p+1. The Hall–Kier alpha value is -6.32. The Bertz CT molecular complexity index is 2090. The van der Waals surface area contributed by atoms with Crippen molar-refractivity contribution in [3.05, 3.63) is 131 Å². The van der Waals surface area contributed by atoms with Crippen LogP contribution in [0.15, 0.2) is 97.6 Å². The van der Waals surface area contributed by atoms with Gasteiger partial charge in [0.1, 0.15) is 11.5 Å². The lowest BCUT2D eigenvalue weighted by Gasteiger charge is -2.45. The van der Waals surface area contributed by atoms with E-state index < -0.39 is 5.91 Å². The van der Waals surface area contributed by atoms with Crippen molar-refractivity contribution in [2.45, 2.75) is 57.4 Å². The summed E-state index contributed by atoms with van der Waals surface area (Å²) < 4.78 is 12.4. The highest BCUT2D eigenvalue weighted by Crippen LogP contribution is 2.25. The van der Waals surface area contributed by atoms with E-state index in [1.807, 2.05) is 72.8 Å². The molecule has 0 radical (unpaired) electrons. The zero-order valence-corrected chi connectivity index (χ0v) is 35.7. The molecule has 3 amide bonds. The number of aryl methyl sites for hydroxylation is 2. The van der Waals surface area contributed by atoms with Crippen LogP contribution in [0, 0.1) is 0 Å². The SMILES string of the molecule is Nc1nc(N)c(C(=O)NC2CCC[N+](CCCc3ccc(OCC(=O)NCCc4ccncc4)cc3)(CCCc3ccc(OCC(=O)NCCc4ccncc4)cc3)C2)nc1Cl. The minimum Gasteiger partial charge on any atom is -0.484 e. The van der Waals surface area contributed by atoms with Crippen LogP contribution in [0.1, 0.15) is 58.4 Å². The van der Waals surface area contributed by atoms with Crippen LogP contribution in [0.5, 0.6) is 11.5 Å². The average Bonchev–Trinajstić information content (AvgIpc) is 3.28. The molecule has 62 heavy (non-hydrogen) atoms. The third-order valence-corrected chi connectivity index (χ3v) is 11.3. The summed E-state index contributed by atoms with van der Waals surface area (Å²) >= 11 is 6.09. The number of nitrogens with zero attached hydrogens (tertiary/aromatic N) is 5. The van der Waals surface area contributed by atoms with Gasteiger partial charge in [0.25, 0.3) is 17.7 Å². The molecule has 1 atom stereocenters. The number of rotatable bonds is 22. The maximum absolute atomic E-state index is 13.4. The first-order chi connectivity index (χ1) is 30.1. The number of aromatic nitrogens is 4. The maximum atomic E-state index is 13.4. The summed E-state index contributed by atoms with van der Waals surface area (Å²) in [5.41, 5.74) is 16.3. The Morgan fingerprint density at radius 2 is 1.15 bits per heavy atom. The van der Waals surface area contributed by atoms with Gasteiger partial charge < -0.3 is 41.4 Å². The summed E-state index contributed by atoms with van der Waals surface area (Å²) in [7, 11) is 0. The maximum Gasteiger partial charge on any atom is 0.274 e. The first-order valence-corrected chi connectivity index (χ1v) is 21.5. The Kier molecular flexibility index (Phi) is 16.8. The number of benzene rings is 2. The fraction of sp³-hybridized carbons (Fsp3) is 0.370. The number of nitrogens with two attached hydrogens (primary N) is 2. The number of likely N-dealkylation sites (tertiary alicyclic amines) is 1. The molecular weight excluding hydrogens is 808 g/mol. The number of anilines is 2. The highest BCUT2D eigenvalue weighted by atomic mass is 35.5. The molecule has 7 N–H and O–H groups in total. The van der Waals surface area contributed by atoms with Crippen molar-refractivity contribution in [2.75, 3.05) is 63.9 Å². The molecule has 1 aliphatic rings. The first kappa shape index (κ1) is 45.2. The summed E-state index contributed by atoms with van der Waals surface area (Å²) in [6, 6.07) is 23.5. The number of ether oxygens (including phenoxy) is 2. The lowest BCUT2D eigenvalue weighted by atomic mass is 9.99. The highest BCUT2D eigenvalue weighted by Gasteiger charge is 2.35. The molecule has 1 fully saturated rings. The van der Waals surface area contributed by atoms with Crippen LogP contribution in [0.25, 0.3) is 0 Å². The molecule has 1 aliphatic heterocycles. The number of amides is 3. The van der Waals surface area contributed by atoms with Gasteiger partial charge in [0.05, 0.1) is 32.2 Å². The van der Waals surface area contributed by atoms with Gasteiger partial charge in [-0.2, -0.15) is 0 Å². The summed E-state index contributed by atoms with van der Waals surface area (Å²) in [5, 5.41) is 8.89. The summed E-state index contributed by atoms with van der Waals surface area (Å²) in [5.74, 6) is 0.441. The van der Waals surface area contributed by atoms with Gasteiger partial charge in [-0.05, 0) is 109 Å². The number of piperidine rings is 1. The summed E-state index contributed by atoms with van der Waals surface area (Å²) in [4.78, 5) is 54.2. The lowest BCUT2D eigenvalue weighted by Crippen LogP contribution is -2.60. The molecule has 3 aromatic heterocycles. The van der Waals surface area contributed by atoms with Crippen molar-refractivity contribution >= 4 is 41.0 Å². The molecule has 5 aromatic rings. The molecule has 2 aromatic carbocycles. The smallest absolute Gasteiger partial charge is 0.274 e. The van der Waals surface area contributed by atoms with Crippen LogP contribution < -0.4 is 36.9 Å². The Labute approximate surface area is 367 Å². The second kappa shape index (κ2) is 23.0. The number of nitrogens with one attached hydrogen (secondary N) is 3. The van der Waals surface area contributed by atoms with Crippen LogP contribution in [-0.4, -0.2) is 101 Å². The van der Waals surface area contributed by atoms with E-state index in [2.05, 4.69) is 35.9 Å². The van der Waals surface area contributed by atoms with Gasteiger partial charge in [-0.1, -0.05) is 35.9 Å². The van der Waals surface area contributed by atoms with Gasteiger partial charge in [-0.3, -0.25) is 24.4 Å². The number of carbonyl (C=O) groups is 3. The van der Waals surface area contributed by atoms with E-state index in [0.717, 1.165) is 93.2 Å². The van der Waals surface area contributed by atoms with Crippen molar-refractivity contribution in [1.82, 2.24) is 35.9 Å². The number of pyridine rings is 2. The van der Waals surface area contributed by atoms with Crippen LogP contribution in [0.2, 0.25) is 5.15 Å². The molecule has 0 saturated carbocycles. The van der Waals surface area contributed by atoms with Crippen LogP contribution in [0.3, 0.4) is 0 Å². The topological polar surface area (TPSA) is 209 Å². The Balaban J connectivity index is 0.992. The molecule has 6 rings (SSSR count). The third-order valence-electron chi connectivity index (χ3n) is 11.0. The summed E-state index contributed by atoms with van der Waals surface area (Å²) in [6.45, 7) is 4.56. The van der Waals surface area contributed by atoms with Gasteiger partial charge in [-0.15, -0.1) is 0 Å². The quantitative estimate of drug-likeness (QED) is 0.0611. The minimum atomic E-state index is -0.420. The first-order valence-electron chi connectivity index (χ1n) is 21.1. The van der Waals surface area contributed by atoms with Gasteiger partial charge in [-0.25, -0.2) is 9.97 Å². The van der Waals surface area contributed by atoms with E-state index in [9.17, 15) is 14.4 Å². The number of hydrogen-bond acceptors (Lipinski definition) is 11. The van der Waals surface area contributed by atoms with Crippen molar-refractivity contribution in [3.63, 3.8) is 0 Å². The molecule has 1 saturated heterocycles. The van der Waals surface area contributed by atoms with E-state index in [1.54, 1.807) is 24.8 Å². The molecule has 0 spiro atoms. The average molecular weight is 864 g/mol. The molecule has 4 heterocycles. The zero-order chi connectivity index (χ0) is 43.6. The van der Waals surface area contributed by atoms with Crippen LogP contribution in [-0.2, 0) is 35.3 Å². The van der Waals surface area contributed by atoms with E-state index in [1.165, 1.54) is 11.1 Å². The van der Waals surface area contributed by atoms with E-state index in [4.69, 9.17) is 32.5 Å². The van der Waals surface area contributed by atoms with Crippen molar-refractivity contribution in [1.29, 1.82) is 0 Å². The van der Waals surface area contributed by atoms with Crippen LogP contribution in [0.4, 0.5) is 11.6 Å². The lowest BCUT2D eigenvalue weighted by molar-refractivity contribution is -0.933. The molecule has 16 heteroatoms. The molecule has 0 aliphatic carbocycles. The third kappa shape index (κ3) is 14.4. The Morgan fingerprint density at radius 3 is 1.65 bits per heavy atom. The number of quaternary nitrogens is 1. The fourth-order valence-electron chi connectivity index (χ4n) is 7.75. The number of carbonyl (C=O) groups excluding carboxylic acids is 3. The largest absolute Gasteiger partial charge is 0.484 e. The van der Waals surface area contributed by atoms with Crippen LogP contribution >= 0.6 is 11.6 Å². The van der Waals surface area contributed by atoms with E-state index in [-0.39, 0.29) is 53.6 Å². The predicted octanol–water partition coefficient (Wildman–Crippen LogP) is 4.53. The predicted molar refractivity (Wildman–Crippen MR) is 239 cm³/mol. The van der Waals surface area contributed by atoms with Crippen molar-refractivity contribution in [3.8, 4) is 11.5 Å².